The summed E-state index contributed by atoms with van der Waals surface area (Å²) in [6.07, 6.45) is 2.36. The molecule has 6 nitrogen and oxygen atoms in total. The predicted octanol–water partition coefficient (Wildman–Crippen LogP) is 4.72. The fourth-order valence-electron chi connectivity index (χ4n) is 4.54. The van der Waals surface area contributed by atoms with Gasteiger partial charge in [0.2, 0.25) is 5.43 Å². The molecule has 0 radical (unpaired) electrons. The van der Waals surface area contributed by atoms with Crippen molar-refractivity contribution >= 4 is 11.0 Å². The van der Waals surface area contributed by atoms with Gasteiger partial charge in [0.15, 0.2) is 11.5 Å². The lowest BCUT2D eigenvalue weighted by Crippen LogP contribution is -2.33. The highest BCUT2D eigenvalue weighted by atomic mass is 16.5. The van der Waals surface area contributed by atoms with Crippen LogP contribution in [0, 0.1) is 12.8 Å². The third-order valence-corrected chi connectivity index (χ3v) is 6.11. The third kappa shape index (κ3) is 4.00. The van der Waals surface area contributed by atoms with Crippen molar-refractivity contribution in [3.63, 3.8) is 0 Å². The fraction of sp³-hybridized carbons (Fsp3) is 0.400. The lowest BCUT2D eigenvalue weighted by Gasteiger charge is -2.31. The fourth-order valence-corrected chi connectivity index (χ4v) is 4.54. The zero-order chi connectivity index (χ0) is 22.1. The van der Waals surface area contributed by atoms with E-state index < -0.39 is 0 Å². The molecule has 1 aromatic heterocycles. The van der Waals surface area contributed by atoms with Crippen LogP contribution in [-0.2, 0) is 6.54 Å². The van der Waals surface area contributed by atoms with E-state index in [0.29, 0.717) is 57.4 Å². The molecule has 0 aliphatic carbocycles. The summed E-state index contributed by atoms with van der Waals surface area (Å²) in [4.78, 5) is 15.8. The molecule has 164 valence electrons. The highest BCUT2D eigenvalue weighted by molar-refractivity contribution is 5.87. The summed E-state index contributed by atoms with van der Waals surface area (Å²) in [7, 11) is 3.14. The first-order valence-electron chi connectivity index (χ1n) is 10.7. The molecule has 6 heteroatoms. The molecule has 1 aliphatic rings. The Morgan fingerprint density at radius 1 is 1.16 bits per heavy atom. The van der Waals surface area contributed by atoms with Crippen LogP contribution in [0.25, 0.3) is 22.1 Å². The van der Waals surface area contributed by atoms with Gasteiger partial charge in [-0.3, -0.25) is 9.69 Å². The van der Waals surface area contributed by atoms with Crippen LogP contribution in [0.3, 0.4) is 0 Å². The molecule has 0 saturated carbocycles. The number of nitrogens with zero attached hydrogens (tertiary/aromatic N) is 1. The van der Waals surface area contributed by atoms with Gasteiger partial charge in [-0.2, -0.15) is 0 Å². The Labute approximate surface area is 182 Å². The molecule has 1 N–H and O–H groups in total. The van der Waals surface area contributed by atoms with Gasteiger partial charge in [-0.15, -0.1) is 0 Å². The van der Waals surface area contributed by atoms with Gasteiger partial charge in [0.25, 0.3) is 0 Å². The van der Waals surface area contributed by atoms with E-state index >= 15 is 0 Å². The highest BCUT2D eigenvalue weighted by Crippen LogP contribution is 2.35. The van der Waals surface area contributed by atoms with Crippen LogP contribution < -0.4 is 14.9 Å². The number of benzene rings is 2. The first kappa shape index (κ1) is 21.2. The molecule has 1 fully saturated rings. The van der Waals surface area contributed by atoms with Gasteiger partial charge in [-0.05, 0) is 62.1 Å². The topological polar surface area (TPSA) is 72.1 Å². The minimum Gasteiger partial charge on any atom is -0.507 e. The molecule has 4 rings (SSSR count). The molecule has 0 unspecified atom stereocenters. The van der Waals surface area contributed by atoms with Crippen molar-refractivity contribution in [2.45, 2.75) is 33.2 Å². The molecule has 1 aliphatic heterocycles. The number of aryl methyl sites for hydroxylation is 1. The standard InChI is InChI=1S/C25H29NO5/c1-15-6-5-11-26(13-15)14-19-20(27)9-8-18-24(28)23(16(2)31-25(18)19)17-7-10-21(29-3)22(12-17)30-4/h7-10,12,15,27H,5-6,11,13-14H2,1-4H3/t15-/m0/s1. The Bertz CT molecular complexity index is 1170. The molecular formula is C25H29NO5. The van der Waals surface area contributed by atoms with Crippen molar-refractivity contribution in [2.75, 3.05) is 27.3 Å². The molecule has 2 aromatic carbocycles. The van der Waals surface area contributed by atoms with Crippen molar-refractivity contribution in [3.05, 3.63) is 51.9 Å². The summed E-state index contributed by atoms with van der Waals surface area (Å²) in [5.74, 6) is 2.42. The molecule has 0 bridgehead atoms. The second kappa shape index (κ2) is 8.63. The molecule has 0 amide bonds. The molecule has 1 saturated heterocycles. The van der Waals surface area contributed by atoms with Gasteiger partial charge in [-0.1, -0.05) is 13.0 Å². The quantitative estimate of drug-likeness (QED) is 0.640. The van der Waals surface area contributed by atoms with Crippen LogP contribution in [-0.4, -0.2) is 37.3 Å². The summed E-state index contributed by atoms with van der Waals surface area (Å²) in [6, 6.07) is 8.61. The number of likely N-dealkylation sites (tertiary alicyclic amines) is 1. The summed E-state index contributed by atoms with van der Waals surface area (Å²) in [5.41, 5.74) is 2.19. The molecule has 3 aromatic rings. The first-order chi connectivity index (χ1) is 14.9. The van der Waals surface area contributed by atoms with E-state index in [1.54, 1.807) is 45.4 Å². The van der Waals surface area contributed by atoms with E-state index in [9.17, 15) is 9.90 Å². The monoisotopic (exact) mass is 423 g/mol. The summed E-state index contributed by atoms with van der Waals surface area (Å²) >= 11 is 0. The van der Waals surface area contributed by atoms with Crippen LogP contribution >= 0.6 is 0 Å². The van der Waals surface area contributed by atoms with Crippen molar-refractivity contribution in [1.29, 1.82) is 0 Å². The van der Waals surface area contributed by atoms with Gasteiger partial charge in [0, 0.05) is 13.1 Å². The number of hydrogen-bond donors (Lipinski definition) is 1. The van der Waals surface area contributed by atoms with Gasteiger partial charge in [-0.25, -0.2) is 0 Å². The Kier molecular flexibility index (Phi) is 5.92. The smallest absolute Gasteiger partial charge is 0.200 e. The van der Waals surface area contributed by atoms with Crippen LogP contribution in [0.2, 0.25) is 0 Å². The van der Waals surface area contributed by atoms with Gasteiger partial charge >= 0.3 is 0 Å². The van der Waals surface area contributed by atoms with Crippen molar-refractivity contribution in [2.24, 2.45) is 5.92 Å². The van der Waals surface area contributed by atoms with Crippen LogP contribution in [0.1, 0.15) is 31.1 Å². The van der Waals surface area contributed by atoms with Crippen molar-refractivity contribution in [1.82, 2.24) is 4.90 Å². The van der Waals surface area contributed by atoms with E-state index in [2.05, 4.69) is 11.8 Å². The maximum Gasteiger partial charge on any atom is 0.200 e. The Morgan fingerprint density at radius 3 is 2.65 bits per heavy atom. The van der Waals surface area contributed by atoms with Gasteiger partial charge < -0.3 is 19.0 Å². The van der Waals surface area contributed by atoms with E-state index in [1.807, 2.05) is 6.07 Å². The van der Waals surface area contributed by atoms with Crippen LogP contribution in [0.15, 0.2) is 39.5 Å². The second-order valence-corrected chi connectivity index (χ2v) is 8.35. The van der Waals surface area contributed by atoms with E-state index in [4.69, 9.17) is 13.9 Å². The zero-order valence-electron chi connectivity index (χ0n) is 18.5. The summed E-state index contributed by atoms with van der Waals surface area (Å²) in [6.45, 7) is 6.54. The average Bonchev–Trinajstić information content (AvgIpc) is 2.75. The lowest BCUT2D eigenvalue weighted by molar-refractivity contribution is 0.175. The summed E-state index contributed by atoms with van der Waals surface area (Å²) in [5, 5.41) is 11.0. The summed E-state index contributed by atoms with van der Waals surface area (Å²) < 4.78 is 16.9. The maximum atomic E-state index is 13.5. The maximum absolute atomic E-state index is 13.5. The van der Waals surface area contributed by atoms with E-state index in [1.165, 1.54) is 6.42 Å². The molecule has 2 heterocycles. The largest absolute Gasteiger partial charge is 0.507 e. The van der Waals surface area contributed by atoms with Crippen LogP contribution in [0.4, 0.5) is 0 Å². The van der Waals surface area contributed by atoms with Crippen LogP contribution in [0.5, 0.6) is 17.2 Å². The minimum atomic E-state index is -0.126. The van der Waals surface area contributed by atoms with Crippen molar-refractivity contribution in [3.8, 4) is 28.4 Å². The SMILES string of the molecule is COc1ccc(-c2c(C)oc3c(CN4CCC[C@H](C)C4)c(O)ccc3c2=O)cc1OC. The number of phenolic OH excluding ortho intramolecular Hbond substituents is 1. The number of rotatable bonds is 5. The van der Waals surface area contributed by atoms with Gasteiger partial charge in [0.1, 0.15) is 17.1 Å². The molecular weight excluding hydrogens is 394 g/mol. The highest BCUT2D eigenvalue weighted by Gasteiger charge is 2.22. The number of hydrogen-bond acceptors (Lipinski definition) is 6. The van der Waals surface area contributed by atoms with Gasteiger partial charge in [0.05, 0.1) is 30.7 Å². The number of ether oxygens (including phenoxy) is 2. The second-order valence-electron chi connectivity index (χ2n) is 8.35. The first-order valence-corrected chi connectivity index (χ1v) is 10.7. The number of fused-ring (bicyclic) bond motifs is 1. The molecule has 31 heavy (non-hydrogen) atoms. The minimum absolute atomic E-state index is 0.126. The normalized spacial score (nSPS) is 17.1. The third-order valence-electron chi connectivity index (χ3n) is 6.11. The van der Waals surface area contributed by atoms with Crippen molar-refractivity contribution < 1.29 is 19.0 Å². The number of aromatic hydroxyl groups is 1. The van der Waals surface area contributed by atoms with E-state index in [0.717, 1.165) is 19.5 Å². The predicted molar refractivity (Wildman–Crippen MR) is 121 cm³/mol. The number of methoxy groups -OCH3 is 2. The number of phenols is 1. The lowest BCUT2D eigenvalue weighted by atomic mass is 9.98. The Morgan fingerprint density at radius 2 is 1.94 bits per heavy atom. The Hall–Kier alpha value is -2.99. The Balaban J connectivity index is 1.83. The zero-order valence-corrected chi connectivity index (χ0v) is 18.5. The number of piperidine rings is 1. The average molecular weight is 424 g/mol. The molecule has 0 spiro atoms. The molecule has 1 atom stereocenters. The van der Waals surface area contributed by atoms with E-state index in [-0.39, 0.29) is 11.2 Å².